The molecule has 1 fully saturated rings. The molecule has 1 saturated carbocycles. The van der Waals surface area contributed by atoms with Crippen LogP contribution < -0.4 is 5.73 Å². The Hall–Kier alpha value is -1.55. The van der Waals surface area contributed by atoms with Gasteiger partial charge in [0.1, 0.15) is 0 Å². The Labute approximate surface area is 104 Å². The lowest BCUT2D eigenvalue weighted by molar-refractivity contribution is 0.422. The second-order valence-corrected chi connectivity index (χ2v) is 4.95. The van der Waals surface area contributed by atoms with E-state index in [1.165, 1.54) is 0 Å². The Kier molecular flexibility index (Phi) is 2.33. The van der Waals surface area contributed by atoms with Gasteiger partial charge in [-0.3, -0.25) is 0 Å². The fraction of sp³-hybridized carbons (Fsp3) is 0.333. The largest absolute Gasteiger partial charge is 0.398 e. The van der Waals surface area contributed by atoms with Crippen molar-refractivity contribution in [2.75, 3.05) is 5.73 Å². The Morgan fingerprint density at radius 2 is 2.24 bits per heavy atom. The highest BCUT2D eigenvalue weighted by Crippen LogP contribution is 2.46. The van der Waals surface area contributed by atoms with Crippen LogP contribution in [0.2, 0.25) is 5.02 Å². The summed E-state index contributed by atoms with van der Waals surface area (Å²) in [5.74, 6) is 2.35. The van der Waals surface area contributed by atoms with Gasteiger partial charge in [0.2, 0.25) is 0 Å². The molecular weight excluding hydrogens is 238 g/mol. The van der Waals surface area contributed by atoms with Gasteiger partial charge >= 0.3 is 0 Å². The van der Waals surface area contributed by atoms with Crippen LogP contribution in [-0.2, 0) is 0 Å². The molecule has 1 heterocycles. The Balaban J connectivity index is 1.95. The predicted molar refractivity (Wildman–Crippen MR) is 65.7 cm³/mol. The maximum atomic E-state index is 5.87. The first kappa shape index (κ1) is 10.6. The summed E-state index contributed by atoms with van der Waals surface area (Å²) in [6.07, 6.45) is 1.13. The van der Waals surface area contributed by atoms with Crippen LogP contribution in [0.1, 0.15) is 25.1 Å². The number of nitrogens with two attached hydrogens (primary N) is 1. The Bertz CT molecular complexity index is 567. The van der Waals surface area contributed by atoms with Crippen molar-refractivity contribution in [3.05, 3.63) is 29.0 Å². The van der Waals surface area contributed by atoms with E-state index in [0.29, 0.717) is 28.4 Å². The molecule has 0 saturated heterocycles. The minimum Gasteiger partial charge on any atom is -0.398 e. The van der Waals surface area contributed by atoms with E-state index >= 15 is 0 Å². The molecule has 0 amide bonds. The molecule has 0 spiro atoms. The highest BCUT2D eigenvalue weighted by Gasteiger charge is 2.38. The number of rotatable bonds is 2. The first-order valence-electron chi connectivity index (χ1n) is 5.54. The van der Waals surface area contributed by atoms with Crippen molar-refractivity contribution < 1.29 is 4.52 Å². The zero-order chi connectivity index (χ0) is 12.0. The number of hydrogen-bond donors (Lipinski definition) is 1. The second kappa shape index (κ2) is 3.74. The van der Waals surface area contributed by atoms with Gasteiger partial charge in [0.25, 0.3) is 5.89 Å². The molecule has 5 heteroatoms. The van der Waals surface area contributed by atoms with Gasteiger partial charge < -0.3 is 10.3 Å². The van der Waals surface area contributed by atoms with E-state index in [0.717, 1.165) is 17.8 Å². The van der Waals surface area contributed by atoms with E-state index in [1.807, 2.05) is 0 Å². The number of halogens is 1. The SMILES string of the molecule is CC1CC1c1noc(-c2ccc(Cl)cc2N)n1. The molecule has 17 heavy (non-hydrogen) atoms. The zero-order valence-corrected chi connectivity index (χ0v) is 10.1. The van der Waals surface area contributed by atoms with E-state index < -0.39 is 0 Å². The fourth-order valence-electron chi connectivity index (χ4n) is 1.91. The molecule has 0 radical (unpaired) electrons. The second-order valence-electron chi connectivity index (χ2n) is 4.51. The summed E-state index contributed by atoms with van der Waals surface area (Å²) in [7, 11) is 0. The third-order valence-corrected chi connectivity index (χ3v) is 3.36. The fourth-order valence-corrected chi connectivity index (χ4v) is 2.09. The van der Waals surface area contributed by atoms with Crippen LogP contribution in [0.5, 0.6) is 0 Å². The first-order chi connectivity index (χ1) is 8.15. The van der Waals surface area contributed by atoms with Gasteiger partial charge in [-0.05, 0) is 30.5 Å². The molecule has 0 aliphatic heterocycles. The molecule has 2 N–H and O–H groups in total. The highest BCUT2D eigenvalue weighted by molar-refractivity contribution is 6.31. The summed E-state index contributed by atoms with van der Waals surface area (Å²) in [5.41, 5.74) is 7.16. The van der Waals surface area contributed by atoms with Crippen LogP contribution in [0.25, 0.3) is 11.5 Å². The summed E-state index contributed by atoms with van der Waals surface area (Å²) in [5, 5.41) is 4.59. The minimum atomic E-state index is 0.445. The standard InChI is InChI=1S/C12H12ClN3O/c1-6-4-9(6)11-15-12(17-16-11)8-3-2-7(13)5-10(8)14/h2-3,5-6,9H,4,14H2,1H3. The number of nitrogens with zero attached hydrogens (tertiary/aromatic N) is 2. The van der Waals surface area contributed by atoms with Gasteiger partial charge in [0.15, 0.2) is 5.82 Å². The molecule has 1 aromatic carbocycles. The molecule has 1 aliphatic rings. The van der Waals surface area contributed by atoms with Crippen molar-refractivity contribution in [2.24, 2.45) is 5.92 Å². The molecule has 1 aliphatic carbocycles. The van der Waals surface area contributed by atoms with Crippen molar-refractivity contribution in [1.29, 1.82) is 0 Å². The molecule has 2 unspecified atom stereocenters. The summed E-state index contributed by atoms with van der Waals surface area (Å²) < 4.78 is 5.24. The third-order valence-electron chi connectivity index (χ3n) is 3.13. The number of aromatic nitrogens is 2. The van der Waals surface area contributed by atoms with Crippen LogP contribution in [0.4, 0.5) is 5.69 Å². The van der Waals surface area contributed by atoms with E-state index in [1.54, 1.807) is 18.2 Å². The van der Waals surface area contributed by atoms with E-state index in [9.17, 15) is 0 Å². The van der Waals surface area contributed by atoms with Crippen LogP contribution in [0, 0.1) is 5.92 Å². The Morgan fingerprint density at radius 1 is 1.47 bits per heavy atom. The zero-order valence-electron chi connectivity index (χ0n) is 9.35. The molecular formula is C12H12ClN3O. The third kappa shape index (κ3) is 1.89. The Morgan fingerprint density at radius 3 is 2.88 bits per heavy atom. The van der Waals surface area contributed by atoms with Gasteiger partial charge in [-0.25, -0.2) is 0 Å². The lowest BCUT2D eigenvalue weighted by Gasteiger charge is -1.99. The summed E-state index contributed by atoms with van der Waals surface area (Å²) >= 11 is 5.84. The van der Waals surface area contributed by atoms with Crippen LogP contribution in [0.3, 0.4) is 0 Å². The summed E-state index contributed by atoms with van der Waals surface area (Å²) in [6, 6.07) is 5.24. The number of anilines is 1. The average Bonchev–Trinajstić information content (AvgIpc) is 2.83. The number of benzene rings is 1. The van der Waals surface area contributed by atoms with Crippen LogP contribution in [-0.4, -0.2) is 10.1 Å². The first-order valence-corrected chi connectivity index (χ1v) is 5.92. The van der Waals surface area contributed by atoms with E-state index in [4.69, 9.17) is 21.9 Å². The van der Waals surface area contributed by atoms with Crippen molar-refractivity contribution in [1.82, 2.24) is 10.1 Å². The minimum absolute atomic E-state index is 0.445. The molecule has 0 bridgehead atoms. The van der Waals surface area contributed by atoms with Crippen molar-refractivity contribution >= 4 is 17.3 Å². The van der Waals surface area contributed by atoms with Crippen molar-refractivity contribution in [3.63, 3.8) is 0 Å². The summed E-state index contributed by atoms with van der Waals surface area (Å²) in [4.78, 5) is 4.38. The molecule has 2 aromatic rings. The summed E-state index contributed by atoms with van der Waals surface area (Å²) in [6.45, 7) is 2.18. The molecule has 3 rings (SSSR count). The average molecular weight is 250 g/mol. The normalized spacial score (nSPS) is 22.7. The smallest absolute Gasteiger partial charge is 0.260 e. The van der Waals surface area contributed by atoms with Crippen molar-refractivity contribution in [3.8, 4) is 11.5 Å². The lowest BCUT2D eigenvalue weighted by Crippen LogP contribution is -1.90. The monoisotopic (exact) mass is 249 g/mol. The van der Waals surface area contributed by atoms with Crippen LogP contribution >= 0.6 is 11.6 Å². The number of nitrogen functional groups attached to an aromatic ring is 1. The molecule has 1 aromatic heterocycles. The molecule has 2 atom stereocenters. The molecule has 4 nitrogen and oxygen atoms in total. The van der Waals surface area contributed by atoms with Gasteiger partial charge in [0.05, 0.1) is 5.56 Å². The van der Waals surface area contributed by atoms with E-state index in [-0.39, 0.29) is 0 Å². The quantitative estimate of drug-likeness (QED) is 0.831. The van der Waals surface area contributed by atoms with E-state index in [2.05, 4.69) is 17.1 Å². The van der Waals surface area contributed by atoms with Crippen molar-refractivity contribution in [2.45, 2.75) is 19.3 Å². The predicted octanol–water partition coefficient (Wildman–Crippen LogP) is 3.10. The van der Waals surface area contributed by atoms with Gasteiger partial charge in [-0.2, -0.15) is 4.98 Å². The molecule has 88 valence electrons. The topological polar surface area (TPSA) is 64.9 Å². The van der Waals surface area contributed by atoms with Gasteiger partial charge in [-0.1, -0.05) is 23.7 Å². The lowest BCUT2D eigenvalue weighted by atomic mass is 10.2. The highest BCUT2D eigenvalue weighted by atomic mass is 35.5. The maximum Gasteiger partial charge on any atom is 0.260 e. The van der Waals surface area contributed by atoms with Gasteiger partial charge in [-0.15, -0.1) is 0 Å². The number of hydrogen-bond acceptors (Lipinski definition) is 4. The van der Waals surface area contributed by atoms with Crippen LogP contribution in [0.15, 0.2) is 22.7 Å². The van der Waals surface area contributed by atoms with Gasteiger partial charge in [0, 0.05) is 16.6 Å². The maximum absolute atomic E-state index is 5.87.